The maximum absolute atomic E-state index is 5.76. The Morgan fingerprint density at radius 1 is 1.38 bits per heavy atom. The molecule has 1 saturated heterocycles. The molecule has 0 amide bonds. The second kappa shape index (κ2) is 5.57. The molecule has 0 saturated carbocycles. The molecule has 1 aromatic carbocycles. The molecule has 85 valence electrons. The molecule has 5 heteroatoms. The topological polar surface area (TPSA) is 21.7 Å². The summed E-state index contributed by atoms with van der Waals surface area (Å²) in [5, 5.41) is 2.62. The Balaban J connectivity index is 1.73. The van der Waals surface area contributed by atoms with Crippen LogP contribution in [0, 0.1) is 0 Å². The van der Waals surface area contributed by atoms with Crippen molar-refractivity contribution >= 4 is 19.3 Å². The number of rotatable bonds is 4. The second-order valence-corrected chi connectivity index (χ2v) is 4.34. The summed E-state index contributed by atoms with van der Waals surface area (Å²) in [5.41, 5.74) is 0. The number of benzene rings is 1. The van der Waals surface area contributed by atoms with Crippen LogP contribution in [0.1, 0.15) is 19.8 Å². The predicted molar refractivity (Wildman–Crippen MR) is 64.3 cm³/mol. The van der Waals surface area contributed by atoms with E-state index in [1.165, 1.54) is 20.5 Å². The zero-order valence-electron chi connectivity index (χ0n) is 9.23. The average Bonchev–Trinajstić information content (AvgIpc) is 2.68. The monoisotopic (exact) mass is 238 g/mol. The highest BCUT2D eigenvalue weighted by Crippen LogP contribution is 2.17. The molecular formula is C11H14BClNO2. The van der Waals surface area contributed by atoms with Gasteiger partial charge in [0.1, 0.15) is 5.75 Å². The van der Waals surface area contributed by atoms with Crippen molar-refractivity contribution in [2.24, 2.45) is 0 Å². The number of hydroxylamine groups is 2. The fraction of sp³-hybridized carbons (Fsp3) is 0.455. The van der Waals surface area contributed by atoms with Gasteiger partial charge in [-0.25, -0.2) is 0 Å². The van der Waals surface area contributed by atoms with Gasteiger partial charge in [-0.05, 0) is 44.0 Å². The summed E-state index contributed by atoms with van der Waals surface area (Å²) in [6, 6.07) is 7.63. The molecular weight excluding hydrogens is 224 g/mol. The molecule has 0 spiro atoms. The van der Waals surface area contributed by atoms with Crippen molar-refractivity contribution < 1.29 is 9.41 Å². The molecule has 1 atom stereocenters. The summed E-state index contributed by atoms with van der Waals surface area (Å²) in [6.45, 7) is 3.10. The van der Waals surface area contributed by atoms with Crippen molar-refractivity contribution in [2.75, 3.05) is 6.54 Å². The van der Waals surface area contributed by atoms with Gasteiger partial charge in [-0.3, -0.25) is 0 Å². The Kier molecular flexibility index (Phi) is 4.10. The second-order valence-electron chi connectivity index (χ2n) is 3.91. The number of hydrogen-bond donors (Lipinski definition) is 0. The molecule has 16 heavy (non-hydrogen) atoms. The SMILES string of the molecule is CC1CCCN1O[B]Oc1ccc(Cl)cc1. The van der Waals surface area contributed by atoms with Crippen molar-refractivity contribution in [1.29, 1.82) is 0 Å². The third-order valence-corrected chi connectivity index (χ3v) is 2.92. The highest BCUT2D eigenvalue weighted by molar-refractivity contribution is 6.30. The first kappa shape index (κ1) is 11.8. The lowest BCUT2D eigenvalue weighted by Gasteiger charge is -2.19. The van der Waals surface area contributed by atoms with Crippen LogP contribution in [0.5, 0.6) is 5.75 Å². The van der Waals surface area contributed by atoms with Crippen molar-refractivity contribution in [3.05, 3.63) is 29.3 Å². The normalized spacial score (nSPS) is 21.0. The summed E-state index contributed by atoms with van der Waals surface area (Å²) in [6.07, 6.45) is 2.35. The minimum Gasteiger partial charge on any atom is -0.536 e. The van der Waals surface area contributed by atoms with E-state index in [0.29, 0.717) is 11.1 Å². The molecule has 1 fully saturated rings. The van der Waals surface area contributed by atoms with E-state index in [-0.39, 0.29) is 0 Å². The fourth-order valence-corrected chi connectivity index (χ4v) is 1.84. The Morgan fingerprint density at radius 3 is 2.75 bits per heavy atom. The molecule has 1 unspecified atom stereocenters. The zero-order chi connectivity index (χ0) is 11.4. The van der Waals surface area contributed by atoms with Crippen LogP contribution in [0.3, 0.4) is 0 Å². The molecule has 0 bridgehead atoms. The van der Waals surface area contributed by atoms with Gasteiger partial charge in [-0.1, -0.05) is 11.6 Å². The largest absolute Gasteiger partial charge is 0.591 e. The smallest absolute Gasteiger partial charge is 0.536 e. The molecule has 0 aliphatic carbocycles. The third-order valence-electron chi connectivity index (χ3n) is 2.67. The van der Waals surface area contributed by atoms with E-state index in [2.05, 4.69) is 6.92 Å². The van der Waals surface area contributed by atoms with Gasteiger partial charge in [0.25, 0.3) is 0 Å². The minimum absolute atomic E-state index is 0.463. The molecule has 1 aliphatic rings. The quantitative estimate of drug-likeness (QED) is 0.753. The van der Waals surface area contributed by atoms with Crippen molar-refractivity contribution in [2.45, 2.75) is 25.8 Å². The van der Waals surface area contributed by atoms with Crippen LogP contribution in [0.15, 0.2) is 24.3 Å². The summed E-state index contributed by atoms with van der Waals surface area (Å²) in [7, 11) is 1.37. The van der Waals surface area contributed by atoms with Crippen molar-refractivity contribution in [1.82, 2.24) is 5.06 Å². The van der Waals surface area contributed by atoms with Gasteiger partial charge in [0.2, 0.25) is 0 Å². The van der Waals surface area contributed by atoms with Gasteiger partial charge in [0, 0.05) is 17.6 Å². The Bertz CT molecular complexity index is 333. The van der Waals surface area contributed by atoms with E-state index in [1.54, 1.807) is 24.3 Å². The Labute approximate surface area is 102 Å². The van der Waals surface area contributed by atoms with E-state index >= 15 is 0 Å². The van der Waals surface area contributed by atoms with Gasteiger partial charge >= 0.3 is 7.69 Å². The molecule has 0 N–H and O–H groups in total. The van der Waals surface area contributed by atoms with Gasteiger partial charge in [0.05, 0.1) is 0 Å². The van der Waals surface area contributed by atoms with E-state index in [4.69, 9.17) is 21.0 Å². The molecule has 1 heterocycles. The predicted octanol–water partition coefficient (Wildman–Crippen LogP) is 2.67. The van der Waals surface area contributed by atoms with Gasteiger partial charge in [-0.2, -0.15) is 5.06 Å². The molecule has 2 rings (SSSR count). The zero-order valence-corrected chi connectivity index (χ0v) is 9.98. The average molecular weight is 239 g/mol. The first-order chi connectivity index (χ1) is 7.75. The van der Waals surface area contributed by atoms with E-state index in [0.717, 1.165) is 12.3 Å². The minimum atomic E-state index is 0.463. The highest BCUT2D eigenvalue weighted by atomic mass is 35.5. The van der Waals surface area contributed by atoms with Crippen molar-refractivity contribution in [3.8, 4) is 5.75 Å². The van der Waals surface area contributed by atoms with Gasteiger partial charge in [-0.15, -0.1) is 0 Å². The van der Waals surface area contributed by atoms with Crippen molar-refractivity contribution in [3.63, 3.8) is 0 Å². The molecule has 0 aromatic heterocycles. The van der Waals surface area contributed by atoms with Crippen LogP contribution in [-0.2, 0) is 4.76 Å². The molecule has 1 aromatic rings. The summed E-state index contributed by atoms with van der Waals surface area (Å²) in [4.78, 5) is 0. The van der Waals surface area contributed by atoms with Crippen LogP contribution in [-0.4, -0.2) is 25.3 Å². The highest BCUT2D eigenvalue weighted by Gasteiger charge is 2.21. The van der Waals surface area contributed by atoms with E-state index < -0.39 is 0 Å². The standard InChI is InChI=1S/C11H14BClNO2/c1-9-3-2-8-14(9)16-12-15-11-6-4-10(13)5-7-11/h4-7,9H,2-3,8H2,1H3. The van der Waals surface area contributed by atoms with Crippen LogP contribution < -0.4 is 4.65 Å². The van der Waals surface area contributed by atoms with Crippen LogP contribution in [0.25, 0.3) is 0 Å². The Hall–Kier alpha value is -0.705. The molecule has 1 aliphatic heterocycles. The summed E-state index contributed by atoms with van der Waals surface area (Å²) >= 11 is 5.76. The van der Waals surface area contributed by atoms with Crippen LogP contribution in [0.2, 0.25) is 5.02 Å². The maximum Gasteiger partial charge on any atom is 0.591 e. The number of halogens is 1. The van der Waals surface area contributed by atoms with Gasteiger partial charge < -0.3 is 9.41 Å². The Morgan fingerprint density at radius 2 is 2.12 bits per heavy atom. The lowest BCUT2D eigenvalue weighted by Crippen LogP contribution is -2.30. The van der Waals surface area contributed by atoms with Crippen LogP contribution in [0.4, 0.5) is 0 Å². The first-order valence-corrected chi connectivity index (χ1v) is 5.81. The lowest BCUT2D eigenvalue weighted by molar-refractivity contribution is -0.0733. The molecule has 1 radical (unpaired) electrons. The summed E-state index contributed by atoms with van der Waals surface area (Å²) < 4.78 is 10.7. The summed E-state index contributed by atoms with van der Waals surface area (Å²) in [5.74, 6) is 0.719. The third kappa shape index (κ3) is 3.14. The van der Waals surface area contributed by atoms with E-state index in [9.17, 15) is 0 Å². The molecule has 3 nitrogen and oxygen atoms in total. The first-order valence-electron chi connectivity index (χ1n) is 5.43. The van der Waals surface area contributed by atoms with Crippen LogP contribution >= 0.6 is 11.6 Å². The number of hydrogen-bond acceptors (Lipinski definition) is 3. The fourth-order valence-electron chi connectivity index (χ4n) is 1.71. The number of nitrogens with zero attached hydrogens (tertiary/aromatic N) is 1. The van der Waals surface area contributed by atoms with E-state index in [1.807, 2.05) is 5.06 Å². The maximum atomic E-state index is 5.76. The lowest BCUT2D eigenvalue weighted by atomic mass is 10.3. The van der Waals surface area contributed by atoms with Gasteiger partial charge in [0.15, 0.2) is 0 Å².